The molecular weight excluding hydrogens is 320 g/mol. The molecule has 1 aliphatic rings. The molecule has 0 radical (unpaired) electrons. The molecule has 1 atom stereocenters. The van der Waals surface area contributed by atoms with Gasteiger partial charge in [0, 0.05) is 36.6 Å². The number of hydrogen-bond acceptors (Lipinski definition) is 3. The molecule has 0 N–H and O–H groups in total. The highest BCUT2D eigenvalue weighted by Crippen LogP contribution is 2.21. The van der Waals surface area contributed by atoms with Gasteiger partial charge in [0.25, 0.3) is 0 Å². The standard InChI is InChI=1S/C19H24N2O2S/c1-14-15(2)24-19(23)21(14)11-9-18(22)20-10-8-17(13-20)12-16-6-4-3-5-7-16/h3-7,17H,8-13H2,1-2H3. The summed E-state index contributed by atoms with van der Waals surface area (Å²) in [4.78, 5) is 27.4. The predicted molar refractivity (Wildman–Crippen MR) is 97.5 cm³/mol. The summed E-state index contributed by atoms with van der Waals surface area (Å²) in [6, 6.07) is 10.5. The summed E-state index contributed by atoms with van der Waals surface area (Å²) in [5, 5.41) is 0. The maximum absolute atomic E-state index is 12.5. The molecule has 0 spiro atoms. The monoisotopic (exact) mass is 344 g/mol. The lowest BCUT2D eigenvalue weighted by Crippen LogP contribution is -2.30. The number of aromatic nitrogens is 1. The fourth-order valence-corrected chi connectivity index (χ4v) is 4.24. The zero-order chi connectivity index (χ0) is 17.1. The second-order valence-electron chi connectivity index (χ2n) is 6.60. The Morgan fingerprint density at radius 2 is 2.00 bits per heavy atom. The number of carbonyl (C=O) groups excluding carboxylic acids is 1. The van der Waals surface area contributed by atoms with Gasteiger partial charge in [0.2, 0.25) is 5.91 Å². The Balaban J connectivity index is 1.52. The van der Waals surface area contributed by atoms with Gasteiger partial charge in [-0.15, -0.1) is 0 Å². The van der Waals surface area contributed by atoms with Crippen LogP contribution in [-0.4, -0.2) is 28.5 Å². The first kappa shape index (κ1) is 17.0. The SMILES string of the molecule is Cc1sc(=O)n(CCC(=O)N2CCC(Cc3ccccc3)C2)c1C. The van der Waals surface area contributed by atoms with Gasteiger partial charge < -0.3 is 9.47 Å². The fourth-order valence-electron chi connectivity index (χ4n) is 3.38. The van der Waals surface area contributed by atoms with E-state index in [4.69, 9.17) is 0 Å². The maximum Gasteiger partial charge on any atom is 0.307 e. The van der Waals surface area contributed by atoms with Crippen LogP contribution in [-0.2, 0) is 17.8 Å². The van der Waals surface area contributed by atoms with Crippen LogP contribution in [0, 0.1) is 19.8 Å². The average molecular weight is 344 g/mol. The second kappa shape index (κ2) is 7.34. The van der Waals surface area contributed by atoms with Crippen molar-refractivity contribution < 1.29 is 4.79 Å². The zero-order valence-electron chi connectivity index (χ0n) is 14.3. The minimum atomic E-state index is 0.0428. The normalized spacial score (nSPS) is 17.4. The quantitative estimate of drug-likeness (QED) is 0.837. The first-order valence-corrected chi connectivity index (χ1v) is 9.35. The second-order valence-corrected chi connectivity index (χ2v) is 7.76. The molecule has 24 heavy (non-hydrogen) atoms. The molecule has 1 aromatic heterocycles. The number of hydrogen-bond donors (Lipinski definition) is 0. The minimum absolute atomic E-state index is 0.0428. The Bertz CT molecular complexity index is 763. The van der Waals surface area contributed by atoms with Crippen molar-refractivity contribution in [1.82, 2.24) is 9.47 Å². The lowest BCUT2D eigenvalue weighted by atomic mass is 9.99. The summed E-state index contributed by atoms with van der Waals surface area (Å²) in [6.07, 6.45) is 2.51. The van der Waals surface area contributed by atoms with Gasteiger partial charge in [0.05, 0.1) is 0 Å². The summed E-state index contributed by atoms with van der Waals surface area (Å²) in [7, 11) is 0. The van der Waals surface area contributed by atoms with E-state index < -0.39 is 0 Å². The number of aryl methyl sites for hydroxylation is 1. The smallest absolute Gasteiger partial charge is 0.307 e. The van der Waals surface area contributed by atoms with Gasteiger partial charge in [-0.05, 0) is 38.2 Å². The Hall–Kier alpha value is -1.88. The number of rotatable bonds is 5. The summed E-state index contributed by atoms with van der Waals surface area (Å²) < 4.78 is 1.73. The van der Waals surface area contributed by atoms with Crippen molar-refractivity contribution in [2.45, 2.75) is 39.7 Å². The summed E-state index contributed by atoms with van der Waals surface area (Å²) >= 11 is 1.26. The molecule has 1 aromatic carbocycles. The molecule has 0 aliphatic carbocycles. The number of amides is 1. The lowest BCUT2D eigenvalue weighted by Gasteiger charge is -2.17. The highest BCUT2D eigenvalue weighted by Gasteiger charge is 2.26. The van der Waals surface area contributed by atoms with Crippen LogP contribution in [0.15, 0.2) is 35.1 Å². The molecule has 5 heteroatoms. The van der Waals surface area contributed by atoms with E-state index in [0.717, 1.165) is 36.5 Å². The third-order valence-corrected chi connectivity index (χ3v) is 5.93. The molecule has 1 aliphatic heterocycles. The fraction of sp³-hybridized carbons (Fsp3) is 0.474. The van der Waals surface area contributed by atoms with Crippen molar-refractivity contribution in [2.75, 3.05) is 13.1 Å². The van der Waals surface area contributed by atoms with Crippen LogP contribution < -0.4 is 4.87 Å². The molecule has 2 aromatic rings. The van der Waals surface area contributed by atoms with Crippen molar-refractivity contribution in [3.05, 3.63) is 56.1 Å². The summed E-state index contributed by atoms with van der Waals surface area (Å²) in [5.74, 6) is 0.713. The lowest BCUT2D eigenvalue weighted by molar-refractivity contribution is -0.130. The van der Waals surface area contributed by atoms with Gasteiger partial charge in [-0.1, -0.05) is 41.7 Å². The van der Waals surface area contributed by atoms with Crippen molar-refractivity contribution in [3.63, 3.8) is 0 Å². The van der Waals surface area contributed by atoms with Crippen LogP contribution in [0.2, 0.25) is 0 Å². The van der Waals surface area contributed by atoms with Gasteiger partial charge >= 0.3 is 4.87 Å². The molecule has 2 heterocycles. The molecule has 1 amide bonds. The van der Waals surface area contributed by atoms with E-state index >= 15 is 0 Å². The van der Waals surface area contributed by atoms with E-state index in [1.165, 1.54) is 16.9 Å². The summed E-state index contributed by atoms with van der Waals surface area (Å²) in [6.45, 7) is 6.07. The largest absolute Gasteiger partial charge is 0.342 e. The third kappa shape index (κ3) is 3.78. The van der Waals surface area contributed by atoms with Gasteiger partial charge in [0.15, 0.2) is 0 Å². The van der Waals surface area contributed by atoms with Crippen LogP contribution >= 0.6 is 11.3 Å². The minimum Gasteiger partial charge on any atom is -0.342 e. The van der Waals surface area contributed by atoms with E-state index in [1.54, 1.807) is 4.57 Å². The topological polar surface area (TPSA) is 42.3 Å². The molecule has 0 saturated carbocycles. The van der Waals surface area contributed by atoms with Crippen molar-refractivity contribution in [3.8, 4) is 0 Å². The Kier molecular flexibility index (Phi) is 5.19. The molecule has 1 fully saturated rings. The van der Waals surface area contributed by atoms with E-state index in [1.807, 2.05) is 24.8 Å². The van der Waals surface area contributed by atoms with Crippen LogP contribution in [0.25, 0.3) is 0 Å². The Labute approximate surface area is 146 Å². The number of nitrogens with zero attached hydrogens (tertiary/aromatic N) is 2. The Morgan fingerprint density at radius 3 is 2.67 bits per heavy atom. The highest BCUT2D eigenvalue weighted by atomic mass is 32.1. The molecule has 3 rings (SSSR count). The van der Waals surface area contributed by atoms with E-state index in [0.29, 0.717) is 18.9 Å². The van der Waals surface area contributed by atoms with Gasteiger partial charge in [-0.2, -0.15) is 0 Å². The number of thiazole rings is 1. The molecular formula is C19H24N2O2S. The number of carbonyl (C=O) groups is 1. The van der Waals surface area contributed by atoms with Crippen LogP contribution in [0.3, 0.4) is 0 Å². The van der Waals surface area contributed by atoms with Crippen LogP contribution in [0.5, 0.6) is 0 Å². The van der Waals surface area contributed by atoms with Gasteiger partial charge in [-0.3, -0.25) is 9.59 Å². The van der Waals surface area contributed by atoms with Crippen LogP contribution in [0.1, 0.15) is 29.0 Å². The number of benzene rings is 1. The highest BCUT2D eigenvalue weighted by molar-refractivity contribution is 7.09. The van der Waals surface area contributed by atoms with E-state index in [-0.39, 0.29) is 10.8 Å². The van der Waals surface area contributed by atoms with Gasteiger partial charge in [-0.25, -0.2) is 0 Å². The molecule has 0 bridgehead atoms. The van der Waals surface area contributed by atoms with Crippen molar-refractivity contribution in [1.29, 1.82) is 0 Å². The summed E-state index contributed by atoms with van der Waals surface area (Å²) in [5.41, 5.74) is 2.33. The maximum atomic E-state index is 12.5. The predicted octanol–water partition coefficient (Wildman–Crippen LogP) is 3.01. The van der Waals surface area contributed by atoms with E-state index in [9.17, 15) is 9.59 Å². The van der Waals surface area contributed by atoms with Crippen molar-refractivity contribution >= 4 is 17.2 Å². The molecule has 128 valence electrons. The molecule has 4 nitrogen and oxygen atoms in total. The van der Waals surface area contributed by atoms with E-state index in [2.05, 4.69) is 24.3 Å². The molecule has 1 saturated heterocycles. The zero-order valence-corrected chi connectivity index (χ0v) is 15.1. The van der Waals surface area contributed by atoms with Crippen LogP contribution in [0.4, 0.5) is 0 Å². The average Bonchev–Trinajstić information content (AvgIpc) is 3.12. The number of likely N-dealkylation sites (tertiary alicyclic amines) is 1. The Morgan fingerprint density at radius 1 is 1.25 bits per heavy atom. The molecule has 1 unspecified atom stereocenters. The third-order valence-electron chi connectivity index (χ3n) is 4.93. The van der Waals surface area contributed by atoms with Gasteiger partial charge in [0.1, 0.15) is 0 Å². The first-order valence-electron chi connectivity index (χ1n) is 8.53. The van der Waals surface area contributed by atoms with Crippen molar-refractivity contribution in [2.24, 2.45) is 5.92 Å². The first-order chi connectivity index (χ1) is 11.5.